The first-order valence-corrected chi connectivity index (χ1v) is 15.8. The molecule has 0 aliphatic carbocycles. The highest BCUT2D eigenvalue weighted by Gasteiger charge is 2.11. The Morgan fingerprint density at radius 2 is 0.889 bits per heavy atom. The largest absolute Gasteiger partial charge is 0.497 e. The van der Waals surface area contributed by atoms with E-state index in [2.05, 4.69) is 9.44 Å². The van der Waals surface area contributed by atoms with Crippen molar-refractivity contribution in [3.05, 3.63) is 48.5 Å². The summed E-state index contributed by atoms with van der Waals surface area (Å²) in [5, 5.41) is 0. The highest BCUT2D eigenvalue weighted by Crippen LogP contribution is 2.20. The van der Waals surface area contributed by atoms with Crippen molar-refractivity contribution in [2.24, 2.45) is 0 Å². The lowest BCUT2D eigenvalue weighted by Crippen LogP contribution is -2.16. The topological polar surface area (TPSA) is 111 Å². The molecule has 0 heterocycles. The van der Waals surface area contributed by atoms with E-state index in [4.69, 9.17) is 9.47 Å². The van der Waals surface area contributed by atoms with Crippen LogP contribution in [0.5, 0.6) is 11.5 Å². The molecule has 0 saturated carbocycles. The second kappa shape index (κ2) is 15.6. The van der Waals surface area contributed by atoms with Crippen LogP contribution in [0.2, 0.25) is 0 Å². The third kappa shape index (κ3) is 12.5. The van der Waals surface area contributed by atoms with Crippen LogP contribution in [0.15, 0.2) is 48.5 Å². The molecule has 2 rings (SSSR count). The van der Waals surface area contributed by atoms with Crippen molar-refractivity contribution in [2.45, 2.75) is 64.2 Å². The van der Waals surface area contributed by atoms with Gasteiger partial charge in [0.2, 0.25) is 20.0 Å². The third-order valence-corrected chi connectivity index (χ3v) is 8.51. The van der Waals surface area contributed by atoms with Gasteiger partial charge in [-0.25, -0.2) is 16.8 Å². The molecule has 0 saturated heterocycles. The molecule has 0 bridgehead atoms. The van der Waals surface area contributed by atoms with Crippen molar-refractivity contribution in [2.75, 3.05) is 35.2 Å². The molecule has 0 aliphatic rings. The lowest BCUT2D eigenvalue weighted by molar-refractivity contribution is 0.415. The first-order chi connectivity index (χ1) is 17.2. The van der Waals surface area contributed by atoms with Crippen LogP contribution in [0.3, 0.4) is 0 Å². The second-order valence-electron chi connectivity index (χ2n) is 8.84. The Balaban J connectivity index is 1.47. The molecule has 2 N–H and O–H groups in total. The van der Waals surface area contributed by atoms with E-state index < -0.39 is 20.0 Å². The van der Waals surface area contributed by atoms with Gasteiger partial charge in [0, 0.05) is 12.1 Å². The highest BCUT2D eigenvalue weighted by molar-refractivity contribution is 7.92. The van der Waals surface area contributed by atoms with Gasteiger partial charge in [-0.05, 0) is 37.1 Å². The van der Waals surface area contributed by atoms with Crippen molar-refractivity contribution >= 4 is 31.4 Å². The van der Waals surface area contributed by atoms with Crippen LogP contribution in [0, 0.1) is 0 Å². The molecule has 0 aromatic heterocycles. The molecule has 0 spiro atoms. The minimum Gasteiger partial charge on any atom is -0.497 e. The molecule has 202 valence electrons. The van der Waals surface area contributed by atoms with Gasteiger partial charge in [0.15, 0.2) is 0 Å². The van der Waals surface area contributed by atoms with Gasteiger partial charge >= 0.3 is 0 Å². The van der Waals surface area contributed by atoms with Gasteiger partial charge in [-0.3, -0.25) is 9.44 Å². The van der Waals surface area contributed by atoms with Crippen LogP contribution < -0.4 is 18.9 Å². The molecule has 0 unspecified atom stereocenters. The summed E-state index contributed by atoms with van der Waals surface area (Å²) in [6, 6.07) is 13.8. The first kappa shape index (κ1) is 29.8. The van der Waals surface area contributed by atoms with Crippen molar-refractivity contribution in [1.29, 1.82) is 0 Å². The number of unbranched alkanes of at least 4 members (excludes halogenated alkanes) is 9. The lowest BCUT2D eigenvalue weighted by atomic mass is 10.1. The molecule has 0 amide bonds. The number of sulfonamides is 2. The van der Waals surface area contributed by atoms with Gasteiger partial charge < -0.3 is 9.47 Å². The normalized spacial score (nSPS) is 11.7. The summed E-state index contributed by atoms with van der Waals surface area (Å²) in [5.41, 5.74) is 1.03. The molecule has 0 atom stereocenters. The van der Waals surface area contributed by atoms with Crippen molar-refractivity contribution in [3.8, 4) is 11.5 Å². The van der Waals surface area contributed by atoms with E-state index in [0.29, 0.717) is 35.7 Å². The fourth-order valence-electron chi connectivity index (χ4n) is 3.83. The van der Waals surface area contributed by atoms with Crippen LogP contribution in [-0.2, 0) is 20.0 Å². The smallest absolute Gasteiger partial charge is 0.232 e. The first-order valence-electron chi connectivity index (χ1n) is 12.5. The second-order valence-corrected chi connectivity index (χ2v) is 12.5. The maximum Gasteiger partial charge on any atom is 0.232 e. The van der Waals surface area contributed by atoms with Crippen LogP contribution in [-0.4, -0.2) is 42.6 Å². The van der Waals surface area contributed by atoms with Crippen LogP contribution in [0.4, 0.5) is 11.4 Å². The van der Waals surface area contributed by atoms with Crippen LogP contribution in [0.25, 0.3) is 0 Å². The van der Waals surface area contributed by atoms with Crippen LogP contribution >= 0.6 is 0 Å². The summed E-state index contributed by atoms with van der Waals surface area (Å²) in [7, 11) is -3.63. The van der Waals surface area contributed by atoms with Crippen molar-refractivity contribution < 1.29 is 26.3 Å². The van der Waals surface area contributed by atoms with Gasteiger partial charge in [-0.15, -0.1) is 0 Å². The fourth-order valence-corrected chi connectivity index (χ4v) is 6.18. The Hall–Kier alpha value is -2.46. The van der Waals surface area contributed by atoms with E-state index in [-0.39, 0.29) is 11.5 Å². The minimum absolute atomic E-state index is 0.111. The Morgan fingerprint density at radius 3 is 1.22 bits per heavy atom. The van der Waals surface area contributed by atoms with Crippen molar-refractivity contribution in [3.63, 3.8) is 0 Å². The van der Waals surface area contributed by atoms with Gasteiger partial charge in [0.05, 0.1) is 37.1 Å². The molecule has 36 heavy (non-hydrogen) atoms. The lowest BCUT2D eigenvalue weighted by Gasteiger charge is -2.09. The molecular formula is C26H40N2O6S2. The number of rotatable bonds is 19. The zero-order valence-electron chi connectivity index (χ0n) is 21.4. The number of anilines is 2. The van der Waals surface area contributed by atoms with E-state index in [1.807, 2.05) is 0 Å². The zero-order chi connectivity index (χ0) is 26.3. The van der Waals surface area contributed by atoms with Crippen molar-refractivity contribution in [1.82, 2.24) is 0 Å². The summed E-state index contributed by atoms with van der Waals surface area (Å²) in [5.74, 6) is 1.45. The number of benzene rings is 2. The standard InChI is InChI=1S/C26H40N2O6S2/c1-33-25-17-13-15-23(21-25)27-35(29,30)19-11-9-7-5-3-4-6-8-10-12-20-36(31,32)28-24-16-14-18-26(22-24)34-2/h13-18,21-22,27-28H,3-12,19-20H2,1-2H3. The Labute approximate surface area is 216 Å². The summed E-state index contributed by atoms with van der Waals surface area (Å²) < 4.78 is 64.4. The molecule has 0 radical (unpaired) electrons. The molecule has 10 heteroatoms. The average molecular weight is 541 g/mol. The number of methoxy groups -OCH3 is 2. The van der Waals surface area contributed by atoms with E-state index in [9.17, 15) is 16.8 Å². The SMILES string of the molecule is COc1cccc(NS(=O)(=O)CCCCCCCCCCCCS(=O)(=O)Nc2cccc(OC)c2)c1. The molecular weight excluding hydrogens is 500 g/mol. The summed E-state index contributed by atoms with van der Waals surface area (Å²) >= 11 is 0. The van der Waals surface area contributed by atoms with Gasteiger partial charge in [0.1, 0.15) is 11.5 Å². The van der Waals surface area contributed by atoms with Crippen LogP contribution in [0.1, 0.15) is 64.2 Å². The van der Waals surface area contributed by atoms with E-state index in [0.717, 1.165) is 51.4 Å². The zero-order valence-corrected chi connectivity index (χ0v) is 23.0. The van der Waals surface area contributed by atoms with Gasteiger partial charge in [-0.2, -0.15) is 0 Å². The molecule has 0 fully saturated rings. The average Bonchev–Trinajstić information content (AvgIpc) is 2.84. The van der Waals surface area contributed by atoms with Gasteiger partial charge in [-0.1, -0.05) is 63.5 Å². The third-order valence-electron chi connectivity index (χ3n) is 5.76. The number of ether oxygens (including phenoxy) is 2. The monoisotopic (exact) mass is 540 g/mol. The number of hydrogen-bond acceptors (Lipinski definition) is 6. The summed E-state index contributed by atoms with van der Waals surface area (Å²) in [6.07, 6.45) is 9.48. The summed E-state index contributed by atoms with van der Waals surface area (Å²) in [6.45, 7) is 0. The predicted octanol–water partition coefficient (Wildman–Crippen LogP) is 5.79. The Morgan fingerprint density at radius 1 is 0.556 bits per heavy atom. The number of hydrogen-bond donors (Lipinski definition) is 2. The molecule has 2 aromatic rings. The Kier molecular flexibility index (Phi) is 12.9. The van der Waals surface area contributed by atoms with E-state index in [1.54, 1.807) is 62.8 Å². The van der Waals surface area contributed by atoms with Gasteiger partial charge in [0.25, 0.3) is 0 Å². The maximum atomic E-state index is 12.2. The maximum absolute atomic E-state index is 12.2. The molecule has 2 aromatic carbocycles. The predicted molar refractivity (Wildman–Crippen MR) is 147 cm³/mol. The quantitative estimate of drug-likeness (QED) is 0.218. The van der Waals surface area contributed by atoms with E-state index >= 15 is 0 Å². The van der Waals surface area contributed by atoms with E-state index in [1.165, 1.54) is 0 Å². The number of nitrogens with one attached hydrogen (secondary N) is 2. The Bertz CT molecular complexity index is 1030. The fraction of sp³-hybridized carbons (Fsp3) is 0.538. The highest BCUT2D eigenvalue weighted by atomic mass is 32.2. The molecule has 0 aliphatic heterocycles. The summed E-state index contributed by atoms with van der Waals surface area (Å²) in [4.78, 5) is 0. The minimum atomic E-state index is -3.36. The molecule has 8 nitrogen and oxygen atoms in total.